The Bertz CT molecular complexity index is 273. The number of rotatable bonds is 6. The first-order chi connectivity index (χ1) is 6.96. The minimum Gasteiger partial charge on any atom is -0.391 e. The molecular formula is C8H12N2O5. The Morgan fingerprint density at radius 3 is 2.13 bits per heavy atom. The van der Waals surface area contributed by atoms with E-state index in [0.29, 0.717) is 0 Å². The third-order valence-corrected chi connectivity index (χ3v) is 1.55. The molecule has 2 N–H and O–H groups in total. The van der Waals surface area contributed by atoms with Gasteiger partial charge in [0.2, 0.25) is 12.2 Å². The number of ether oxygens (including phenoxy) is 1. The van der Waals surface area contributed by atoms with Gasteiger partial charge in [0.1, 0.15) is 6.10 Å². The average Bonchev–Trinajstić information content (AvgIpc) is 2.14. The van der Waals surface area contributed by atoms with Gasteiger partial charge in [0, 0.05) is 0 Å². The van der Waals surface area contributed by atoms with Crippen LogP contribution in [0.5, 0.6) is 0 Å². The highest BCUT2D eigenvalue weighted by Gasteiger charge is 2.34. The number of aliphatic hydroxyl groups is 2. The molecule has 0 spiro atoms. The van der Waals surface area contributed by atoms with Crippen LogP contribution in [0.1, 0.15) is 13.8 Å². The van der Waals surface area contributed by atoms with E-state index in [4.69, 9.17) is 9.84 Å². The Labute approximate surface area is 86.1 Å². The largest absolute Gasteiger partial charge is 0.391 e. The van der Waals surface area contributed by atoms with E-state index in [1.807, 2.05) is 0 Å². The molecule has 15 heavy (non-hydrogen) atoms. The lowest BCUT2D eigenvalue weighted by Gasteiger charge is -2.23. The first kappa shape index (κ1) is 13.6. The van der Waals surface area contributed by atoms with Crippen LogP contribution in [0, 0.1) is 0 Å². The quantitative estimate of drug-likeness (QED) is 0.441. The summed E-state index contributed by atoms with van der Waals surface area (Å²) in [4.78, 5) is 25.9. The maximum Gasteiger partial charge on any atom is 0.302 e. The van der Waals surface area contributed by atoms with Crippen LogP contribution < -0.4 is 0 Å². The van der Waals surface area contributed by atoms with E-state index < -0.39 is 18.1 Å². The highest BCUT2D eigenvalue weighted by atomic mass is 16.5. The first-order valence-corrected chi connectivity index (χ1v) is 4.16. The summed E-state index contributed by atoms with van der Waals surface area (Å²) in [6.45, 7) is 2.72. The number of carbonyl (C=O) groups excluding carboxylic acids is 2. The van der Waals surface area contributed by atoms with Crippen molar-refractivity contribution in [2.45, 2.75) is 31.9 Å². The predicted molar refractivity (Wildman–Crippen MR) is 48.3 cm³/mol. The summed E-state index contributed by atoms with van der Waals surface area (Å²) >= 11 is 0. The van der Waals surface area contributed by atoms with Gasteiger partial charge < -0.3 is 14.9 Å². The van der Waals surface area contributed by atoms with Crippen LogP contribution in [0.3, 0.4) is 0 Å². The topological polar surface area (TPSA) is 109 Å². The maximum absolute atomic E-state index is 9.99. The van der Waals surface area contributed by atoms with Crippen LogP contribution in [0.2, 0.25) is 0 Å². The molecule has 0 amide bonds. The van der Waals surface area contributed by atoms with Gasteiger partial charge in [-0.15, -0.1) is 9.98 Å². The molecule has 0 heterocycles. The fourth-order valence-electron chi connectivity index (χ4n) is 0.737. The van der Waals surface area contributed by atoms with Crippen molar-refractivity contribution in [1.29, 1.82) is 0 Å². The number of aliphatic imine (C=N–C) groups is 2. The smallest absolute Gasteiger partial charge is 0.302 e. The molecule has 7 heteroatoms. The molecule has 0 aromatic heterocycles. The number of isocyanates is 2. The van der Waals surface area contributed by atoms with Crippen molar-refractivity contribution in [1.82, 2.24) is 0 Å². The summed E-state index contributed by atoms with van der Waals surface area (Å²) in [6, 6.07) is 0. The van der Waals surface area contributed by atoms with E-state index in [1.165, 1.54) is 13.8 Å². The Hall–Kier alpha value is -1.36. The number of hydrogen-bond donors (Lipinski definition) is 2. The van der Waals surface area contributed by atoms with Crippen LogP contribution in [0.15, 0.2) is 9.98 Å². The standard InChI is InChI=1S/C8H12N2O5/c1-6(13)3-15-7(2)8(14,9-4-11)10-5-12/h6-7,13-14H,3H2,1-2H3. The fourth-order valence-corrected chi connectivity index (χ4v) is 0.737. The summed E-state index contributed by atoms with van der Waals surface area (Å²) in [6.07, 6.45) is 0.316. The second-order valence-electron chi connectivity index (χ2n) is 2.92. The minimum atomic E-state index is -2.33. The first-order valence-electron chi connectivity index (χ1n) is 4.16. The summed E-state index contributed by atoms with van der Waals surface area (Å²) in [5.74, 6) is -2.33. The number of aliphatic hydroxyl groups excluding tert-OH is 1. The average molecular weight is 216 g/mol. The lowest BCUT2D eigenvalue weighted by molar-refractivity contribution is -0.105. The zero-order chi connectivity index (χ0) is 11.9. The highest BCUT2D eigenvalue weighted by Crippen LogP contribution is 2.16. The lowest BCUT2D eigenvalue weighted by atomic mass is 10.2. The molecule has 0 aromatic carbocycles. The van der Waals surface area contributed by atoms with Gasteiger partial charge in [-0.25, -0.2) is 9.59 Å². The molecule has 0 aliphatic heterocycles. The van der Waals surface area contributed by atoms with Crippen LogP contribution in [0.4, 0.5) is 0 Å². The molecule has 0 radical (unpaired) electrons. The second kappa shape index (κ2) is 6.19. The Morgan fingerprint density at radius 1 is 1.33 bits per heavy atom. The van der Waals surface area contributed by atoms with Crippen molar-refractivity contribution in [2.24, 2.45) is 9.98 Å². The fraction of sp³-hybridized carbons (Fsp3) is 0.750. The maximum atomic E-state index is 9.99. The van der Waals surface area contributed by atoms with Gasteiger partial charge in [-0.2, -0.15) is 0 Å². The second-order valence-corrected chi connectivity index (χ2v) is 2.92. The van der Waals surface area contributed by atoms with E-state index in [1.54, 1.807) is 0 Å². The lowest BCUT2D eigenvalue weighted by Crippen LogP contribution is -2.39. The van der Waals surface area contributed by atoms with Crippen LogP contribution in [0.25, 0.3) is 0 Å². The Kier molecular flexibility index (Phi) is 5.62. The number of nitrogens with zero attached hydrogens (tertiary/aromatic N) is 2. The number of hydrogen-bond acceptors (Lipinski definition) is 7. The Morgan fingerprint density at radius 2 is 1.80 bits per heavy atom. The van der Waals surface area contributed by atoms with E-state index >= 15 is 0 Å². The van der Waals surface area contributed by atoms with Gasteiger partial charge >= 0.3 is 5.85 Å². The van der Waals surface area contributed by atoms with Crippen molar-refractivity contribution in [3.8, 4) is 0 Å². The molecule has 0 rings (SSSR count). The molecule has 7 nitrogen and oxygen atoms in total. The molecule has 0 aromatic rings. The van der Waals surface area contributed by atoms with E-state index in [2.05, 4.69) is 9.98 Å². The van der Waals surface area contributed by atoms with E-state index in [0.717, 1.165) is 12.2 Å². The molecular weight excluding hydrogens is 204 g/mol. The van der Waals surface area contributed by atoms with Crippen molar-refractivity contribution in [3.63, 3.8) is 0 Å². The van der Waals surface area contributed by atoms with Crippen molar-refractivity contribution in [2.75, 3.05) is 6.61 Å². The van der Waals surface area contributed by atoms with Gasteiger partial charge in [-0.05, 0) is 13.8 Å². The van der Waals surface area contributed by atoms with Gasteiger partial charge in [-0.1, -0.05) is 0 Å². The normalized spacial score (nSPS) is 17.9. The van der Waals surface area contributed by atoms with Crippen LogP contribution in [-0.2, 0) is 14.3 Å². The summed E-state index contributed by atoms with van der Waals surface area (Å²) < 4.78 is 4.93. The molecule has 2 unspecified atom stereocenters. The SMILES string of the molecule is CC(O)COC(C)C(O)(N=C=O)N=C=O. The minimum absolute atomic E-state index is 0.0910. The van der Waals surface area contributed by atoms with Crippen molar-refractivity contribution >= 4 is 12.2 Å². The predicted octanol–water partition coefficient (Wildman–Crippen LogP) is -0.910. The summed E-state index contributed by atoms with van der Waals surface area (Å²) in [5, 5.41) is 18.4. The molecule has 0 fully saturated rings. The van der Waals surface area contributed by atoms with Crippen LogP contribution >= 0.6 is 0 Å². The summed E-state index contributed by atoms with van der Waals surface area (Å²) in [7, 11) is 0. The van der Waals surface area contributed by atoms with Crippen molar-refractivity contribution < 1.29 is 24.5 Å². The zero-order valence-electron chi connectivity index (χ0n) is 8.38. The third kappa shape index (κ3) is 4.60. The van der Waals surface area contributed by atoms with Crippen LogP contribution in [-0.4, -0.2) is 47.0 Å². The van der Waals surface area contributed by atoms with Gasteiger partial charge in [-0.3, -0.25) is 0 Å². The van der Waals surface area contributed by atoms with Crippen molar-refractivity contribution in [3.05, 3.63) is 0 Å². The van der Waals surface area contributed by atoms with Gasteiger partial charge in [0.15, 0.2) is 0 Å². The van der Waals surface area contributed by atoms with Gasteiger partial charge in [0.25, 0.3) is 0 Å². The summed E-state index contributed by atoms with van der Waals surface area (Å²) in [5.41, 5.74) is 0. The highest BCUT2D eigenvalue weighted by molar-refractivity contribution is 5.38. The monoisotopic (exact) mass is 216 g/mol. The van der Waals surface area contributed by atoms with E-state index in [-0.39, 0.29) is 6.61 Å². The molecule has 0 aliphatic rings. The van der Waals surface area contributed by atoms with Gasteiger partial charge in [0.05, 0.1) is 12.7 Å². The molecule has 84 valence electrons. The molecule has 0 saturated heterocycles. The van der Waals surface area contributed by atoms with E-state index in [9.17, 15) is 14.7 Å². The molecule has 2 atom stereocenters. The molecule has 0 bridgehead atoms. The zero-order valence-corrected chi connectivity index (χ0v) is 8.38. The molecule has 0 saturated carbocycles. The Balaban J connectivity index is 4.62. The molecule has 0 aliphatic carbocycles. The third-order valence-electron chi connectivity index (χ3n) is 1.55.